The number of aromatic nitrogens is 2. The lowest BCUT2D eigenvalue weighted by atomic mass is 10.1. The Kier molecular flexibility index (Phi) is 3.50. The van der Waals surface area contributed by atoms with E-state index >= 15 is 0 Å². The Morgan fingerprint density at radius 1 is 1.25 bits per heavy atom. The molecule has 2 N–H and O–H groups in total. The van der Waals surface area contributed by atoms with E-state index in [-0.39, 0.29) is 12.4 Å². The third-order valence-electron chi connectivity index (χ3n) is 3.47. The molecule has 0 spiro atoms. The molecule has 2 atom stereocenters. The Morgan fingerprint density at radius 3 is 2.69 bits per heavy atom. The molecule has 1 aromatic rings. The minimum absolute atomic E-state index is 0. The molecule has 2 fully saturated rings. The number of hydrogen-bond donors (Lipinski definition) is 1. The Hall–Kier alpha value is -0.610. The van der Waals surface area contributed by atoms with Gasteiger partial charge in [-0.05, 0) is 38.0 Å². The zero-order valence-corrected chi connectivity index (χ0v) is 10.1. The van der Waals surface area contributed by atoms with Gasteiger partial charge >= 0.3 is 0 Å². The third kappa shape index (κ3) is 2.55. The molecule has 90 valence electrons. The lowest BCUT2D eigenvalue weighted by molar-refractivity contribution is 0.349. The standard InChI is InChI=1S/C11H17N3O.ClH/c12-9-4-3-8(6-9)11-13-10(14-15-11)5-7-1-2-7;/h7-9H,1-6,12H2;1H. The molecular formula is C11H18ClN3O. The average Bonchev–Trinajstić information content (AvgIpc) is 2.74. The van der Waals surface area contributed by atoms with Crippen molar-refractivity contribution in [1.82, 2.24) is 10.1 Å². The van der Waals surface area contributed by atoms with E-state index in [0.717, 1.165) is 43.3 Å². The van der Waals surface area contributed by atoms with E-state index < -0.39 is 0 Å². The molecule has 3 rings (SSSR count). The van der Waals surface area contributed by atoms with Crippen LogP contribution in [0.2, 0.25) is 0 Å². The van der Waals surface area contributed by atoms with E-state index in [1.807, 2.05) is 0 Å². The minimum atomic E-state index is 0. The average molecular weight is 244 g/mol. The van der Waals surface area contributed by atoms with Crippen molar-refractivity contribution < 1.29 is 4.52 Å². The van der Waals surface area contributed by atoms with E-state index in [1.165, 1.54) is 12.8 Å². The molecule has 0 aromatic carbocycles. The van der Waals surface area contributed by atoms with E-state index in [0.29, 0.717) is 12.0 Å². The van der Waals surface area contributed by atoms with Crippen LogP contribution < -0.4 is 5.73 Å². The monoisotopic (exact) mass is 243 g/mol. The highest BCUT2D eigenvalue weighted by Crippen LogP contribution is 2.34. The summed E-state index contributed by atoms with van der Waals surface area (Å²) in [5.41, 5.74) is 5.87. The van der Waals surface area contributed by atoms with Gasteiger partial charge in [0.15, 0.2) is 5.82 Å². The summed E-state index contributed by atoms with van der Waals surface area (Å²) in [7, 11) is 0. The maximum absolute atomic E-state index is 5.87. The molecule has 0 aliphatic heterocycles. The summed E-state index contributed by atoms with van der Waals surface area (Å²) in [6.45, 7) is 0. The van der Waals surface area contributed by atoms with Gasteiger partial charge in [-0.25, -0.2) is 0 Å². The third-order valence-corrected chi connectivity index (χ3v) is 3.47. The summed E-state index contributed by atoms with van der Waals surface area (Å²) in [5.74, 6) is 2.95. The molecular weight excluding hydrogens is 226 g/mol. The molecule has 0 amide bonds. The van der Waals surface area contributed by atoms with Crippen LogP contribution in [0.15, 0.2) is 4.52 Å². The highest BCUT2D eigenvalue weighted by molar-refractivity contribution is 5.85. The second-order valence-corrected chi connectivity index (χ2v) is 4.97. The van der Waals surface area contributed by atoms with Crippen LogP contribution in [0.4, 0.5) is 0 Å². The van der Waals surface area contributed by atoms with E-state index in [9.17, 15) is 0 Å². The van der Waals surface area contributed by atoms with Crippen LogP contribution in [0.5, 0.6) is 0 Å². The van der Waals surface area contributed by atoms with Crippen molar-refractivity contribution in [3.05, 3.63) is 11.7 Å². The van der Waals surface area contributed by atoms with E-state index in [4.69, 9.17) is 10.3 Å². The summed E-state index contributed by atoms with van der Waals surface area (Å²) in [5, 5.41) is 4.04. The minimum Gasteiger partial charge on any atom is -0.339 e. The Morgan fingerprint density at radius 2 is 2.06 bits per heavy atom. The second kappa shape index (κ2) is 4.72. The first-order valence-electron chi connectivity index (χ1n) is 5.89. The van der Waals surface area contributed by atoms with Gasteiger partial charge in [0.1, 0.15) is 0 Å². The maximum atomic E-state index is 5.87. The van der Waals surface area contributed by atoms with Gasteiger partial charge in [-0.2, -0.15) is 4.98 Å². The van der Waals surface area contributed by atoms with Gasteiger partial charge < -0.3 is 10.3 Å². The first-order chi connectivity index (χ1) is 7.31. The normalized spacial score (nSPS) is 29.1. The summed E-state index contributed by atoms with van der Waals surface area (Å²) in [4.78, 5) is 4.47. The molecule has 0 bridgehead atoms. The van der Waals surface area contributed by atoms with Crippen LogP contribution in [-0.2, 0) is 6.42 Å². The fourth-order valence-electron chi connectivity index (χ4n) is 2.34. The van der Waals surface area contributed by atoms with Gasteiger partial charge in [0.05, 0.1) is 0 Å². The number of nitrogens with two attached hydrogens (primary N) is 1. The van der Waals surface area contributed by atoms with Crippen molar-refractivity contribution in [2.45, 2.75) is 50.5 Å². The molecule has 4 nitrogen and oxygen atoms in total. The topological polar surface area (TPSA) is 64.9 Å². The lowest BCUT2D eigenvalue weighted by Crippen LogP contribution is -2.14. The van der Waals surface area contributed by atoms with Gasteiger partial charge in [-0.3, -0.25) is 0 Å². The molecule has 1 heterocycles. The van der Waals surface area contributed by atoms with Crippen LogP contribution in [0.25, 0.3) is 0 Å². The zero-order valence-electron chi connectivity index (χ0n) is 9.26. The van der Waals surface area contributed by atoms with Gasteiger partial charge in [0.25, 0.3) is 0 Å². The first-order valence-corrected chi connectivity index (χ1v) is 5.89. The lowest BCUT2D eigenvalue weighted by Gasteiger charge is -2.01. The van der Waals surface area contributed by atoms with E-state index in [1.54, 1.807) is 0 Å². The largest absolute Gasteiger partial charge is 0.339 e. The van der Waals surface area contributed by atoms with Crippen LogP contribution in [0.1, 0.15) is 49.7 Å². The molecule has 1 aromatic heterocycles. The van der Waals surface area contributed by atoms with Gasteiger partial charge in [0, 0.05) is 18.4 Å². The predicted octanol–water partition coefficient (Wildman–Crippen LogP) is 2.04. The van der Waals surface area contributed by atoms with Crippen molar-refractivity contribution in [3.63, 3.8) is 0 Å². The molecule has 0 saturated heterocycles. The maximum Gasteiger partial charge on any atom is 0.229 e. The molecule has 2 aliphatic carbocycles. The number of hydrogen-bond acceptors (Lipinski definition) is 4. The van der Waals surface area contributed by atoms with Crippen molar-refractivity contribution in [2.75, 3.05) is 0 Å². The fourth-order valence-corrected chi connectivity index (χ4v) is 2.34. The zero-order chi connectivity index (χ0) is 10.3. The molecule has 16 heavy (non-hydrogen) atoms. The summed E-state index contributed by atoms with van der Waals surface area (Å²) in [6, 6.07) is 0.328. The highest BCUT2D eigenvalue weighted by Gasteiger charge is 2.29. The SMILES string of the molecule is Cl.NC1CCC(c2nc(CC3CC3)no2)C1. The fraction of sp³-hybridized carbons (Fsp3) is 0.818. The summed E-state index contributed by atoms with van der Waals surface area (Å²) < 4.78 is 5.31. The molecule has 2 unspecified atom stereocenters. The smallest absolute Gasteiger partial charge is 0.229 e. The number of rotatable bonds is 3. The molecule has 2 aliphatic rings. The highest BCUT2D eigenvalue weighted by atomic mass is 35.5. The Labute approximate surface area is 101 Å². The predicted molar refractivity (Wildman–Crippen MR) is 62.5 cm³/mol. The van der Waals surface area contributed by atoms with Crippen LogP contribution in [0.3, 0.4) is 0 Å². The van der Waals surface area contributed by atoms with Crippen molar-refractivity contribution in [3.8, 4) is 0 Å². The Balaban J connectivity index is 0.000000963. The van der Waals surface area contributed by atoms with Crippen molar-refractivity contribution in [2.24, 2.45) is 11.7 Å². The van der Waals surface area contributed by atoms with Crippen LogP contribution >= 0.6 is 12.4 Å². The molecule has 5 heteroatoms. The van der Waals surface area contributed by atoms with Gasteiger partial charge in [-0.1, -0.05) is 5.16 Å². The van der Waals surface area contributed by atoms with Crippen molar-refractivity contribution >= 4 is 12.4 Å². The second-order valence-electron chi connectivity index (χ2n) is 4.97. The molecule has 0 radical (unpaired) electrons. The Bertz CT molecular complexity index is 351. The summed E-state index contributed by atoms with van der Waals surface area (Å²) >= 11 is 0. The van der Waals surface area contributed by atoms with Crippen LogP contribution in [-0.4, -0.2) is 16.2 Å². The van der Waals surface area contributed by atoms with E-state index in [2.05, 4.69) is 10.1 Å². The molecule has 2 saturated carbocycles. The number of halogens is 1. The van der Waals surface area contributed by atoms with Crippen molar-refractivity contribution in [1.29, 1.82) is 0 Å². The first kappa shape index (κ1) is 11.9. The van der Waals surface area contributed by atoms with Gasteiger partial charge in [0.2, 0.25) is 5.89 Å². The summed E-state index contributed by atoms with van der Waals surface area (Å²) in [6.07, 6.45) is 6.86. The van der Waals surface area contributed by atoms with Gasteiger partial charge in [-0.15, -0.1) is 12.4 Å². The van der Waals surface area contributed by atoms with Crippen LogP contribution in [0, 0.1) is 5.92 Å². The quantitative estimate of drug-likeness (QED) is 0.882. The number of nitrogens with zero attached hydrogens (tertiary/aromatic N) is 2.